The van der Waals surface area contributed by atoms with Gasteiger partial charge in [-0.2, -0.15) is 0 Å². The van der Waals surface area contributed by atoms with Gasteiger partial charge in [0.05, 0.1) is 6.04 Å². The van der Waals surface area contributed by atoms with Crippen molar-refractivity contribution in [2.75, 3.05) is 0 Å². The molecule has 3 amide bonds. The molecule has 0 spiro atoms. The number of hydrogen-bond donors (Lipinski definition) is 9. The molecule has 10 N–H and O–H groups in total. The van der Waals surface area contributed by atoms with Gasteiger partial charge < -0.3 is 47.1 Å². The van der Waals surface area contributed by atoms with Crippen LogP contribution in [0.5, 0.6) is 0 Å². The number of rotatable bonds is 18. The number of benzene rings is 1. The van der Waals surface area contributed by atoms with Crippen LogP contribution in [0.25, 0.3) is 10.9 Å². The number of carboxylic acids is 4. The van der Waals surface area contributed by atoms with E-state index in [2.05, 4.69) is 20.9 Å². The summed E-state index contributed by atoms with van der Waals surface area (Å²) in [6, 6.07) is 1.18. The van der Waals surface area contributed by atoms with E-state index < -0.39 is 97.9 Å². The van der Waals surface area contributed by atoms with Gasteiger partial charge in [-0.1, -0.05) is 18.2 Å². The minimum absolute atomic E-state index is 0.162. The highest BCUT2D eigenvalue weighted by atomic mass is 16.4. The summed E-state index contributed by atoms with van der Waals surface area (Å²) in [5, 5.41) is 44.0. The zero-order valence-electron chi connectivity index (χ0n) is 22.4. The fourth-order valence-electron chi connectivity index (χ4n) is 4.02. The maximum absolute atomic E-state index is 13.3. The van der Waals surface area contributed by atoms with Crippen molar-refractivity contribution in [2.45, 2.75) is 69.1 Å². The zero-order chi connectivity index (χ0) is 31.4. The number of carboxylic acid groups (broad SMARTS) is 4. The van der Waals surface area contributed by atoms with Crippen LogP contribution in [0.15, 0.2) is 30.5 Å². The number of hydrogen-bond acceptors (Lipinski definition) is 8. The Kier molecular flexibility index (Phi) is 12.4. The van der Waals surface area contributed by atoms with Crippen LogP contribution in [0, 0.1) is 0 Å². The van der Waals surface area contributed by atoms with Crippen LogP contribution in [0.2, 0.25) is 0 Å². The molecule has 0 fully saturated rings. The average molecular weight is 592 g/mol. The van der Waals surface area contributed by atoms with E-state index >= 15 is 0 Å². The molecule has 0 radical (unpaired) electrons. The van der Waals surface area contributed by atoms with Crippen LogP contribution in [0.1, 0.15) is 44.1 Å². The first-order valence-corrected chi connectivity index (χ1v) is 12.9. The molecule has 0 aliphatic heterocycles. The largest absolute Gasteiger partial charge is 0.481 e. The van der Waals surface area contributed by atoms with Gasteiger partial charge >= 0.3 is 23.9 Å². The van der Waals surface area contributed by atoms with E-state index in [1.807, 2.05) is 0 Å². The summed E-state index contributed by atoms with van der Waals surface area (Å²) in [7, 11) is 0. The number of amides is 3. The topological polar surface area (TPSA) is 278 Å². The lowest BCUT2D eigenvalue weighted by Gasteiger charge is -2.25. The second-order valence-corrected chi connectivity index (χ2v) is 9.49. The first-order chi connectivity index (χ1) is 19.8. The van der Waals surface area contributed by atoms with Crippen molar-refractivity contribution in [1.82, 2.24) is 20.9 Å². The van der Waals surface area contributed by atoms with Crippen molar-refractivity contribution in [1.29, 1.82) is 0 Å². The van der Waals surface area contributed by atoms with Crippen LogP contribution in [-0.4, -0.2) is 91.2 Å². The maximum Gasteiger partial charge on any atom is 0.326 e. The minimum atomic E-state index is -1.59. The molecule has 1 heterocycles. The third-order valence-electron chi connectivity index (χ3n) is 6.28. The highest BCUT2D eigenvalue weighted by molar-refractivity contribution is 5.95. The lowest BCUT2D eigenvalue weighted by molar-refractivity contribution is -0.143. The molecule has 0 aliphatic rings. The Balaban J connectivity index is 2.32. The van der Waals surface area contributed by atoms with E-state index in [0.717, 1.165) is 0 Å². The van der Waals surface area contributed by atoms with Gasteiger partial charge in [0.25, 0.3) is 0 Å². The summed E-state index contributed by atoms with van der Waals surface area (Å²) in [5.74, 6) is -8.12. The Bertz CT molecular complexity index is 1320. The lowest BCUT2D eigenvalue weighted by atomic mass is 10.0. The first kappa shape index (κ1) is 33.2. The van der Waals surface area contributed by atoms with E-state index in [4.69, 9.17) is 21.1 Å². The highest BCUT2D eigenvalue weighted by Crippen LogP contribution is 2.19. The third kappa shape index (κ3) is 10.5. The smallest absolute Gasteiger partial charge is 0.326 e. The molecule has 16 heteroatoms. The molecular weight excluding hydrogens is 558 g/mol. The van der Waals surface area contributed by atoms with E-state index in [0.29, 0.717) is 16.5 Å². The van der Waals surface area contributed by atoms with Gasteiger partial charge in [-0.05, 0) is 30.9 Å². The van der Waals surface area contributed by atoms with Crippen molar-refractivity contribution < 1.29 is 54.0 Å². The summed E-state index contributed by atoms with van der Waals surface area (Å²) in [5.41, 5.74) is 6.98. The number of H-pyrrole nitrogens is 1. The summed E-state index contributed by atoms with van der Waals surface area (Å²) in [4.78, 5) is 86.7. The summed E-state index contributed by atoms with van der Waals surface area (Å²) >= 11 is 0. The van der Waals surface area contributed by atoms with Crippen LogP contribution < -0.4 is 21.7 Å². The van der Waals surface area contributed by atoms with E-state index in [-0.39, 0.29) is 12.8 Å². The molecule has 0 saturated heterocycles. The highest BCUT2D eigenvalue weighted by Gasteiger charge is 2.31. The molecule has 228 valence electrons. The molecule has 1 aromatic heterocycles. The van der Waals surface area contributed by atoms with Crippen LogP contribution in [0.4, 0.5) is 0 Å². The van der Waals surface area contributed by atoms with Crippen molar-refractivity contribution in [3.8, 4) is 0 Å². The summed E-state index contributed by atoms with van der Waals surface area (Å²) in [6.45, 7) is 0. The van der Waals surface area contributed by atoms with E-state index in [1.165, 1.54) is 0 Å². The average Bonchev–Trinajstić information content (AvgIpc) is 3.33. The van der Waals surface area contributed by atoms with Gasteiger partial charge in [0, 0.05) is 42.8 Å². The second kappa shape index (κ2) is 15.7. The van der Waals surface area contributed by atoms with Crippen molar-refractivity contribution in [3.63, 3.8) is 0 Å². The lowest BCUT2D eigenvalue weighted by Crippen LogP contribution is -2.57. The van der Waals surface area contributed by atoms with Crippen LogP contribution in [-0.2, 0) is 40.0 Å². The predicted octanol–water partition coefficient (Wildman–Crippen LogP) is -0.829. The molecule has 2 aromatic rings. The third-order valence-corrected chi connectivity index (χ3v) is 6.28. The monoisotopic (exact) mass is 591 g/mol. The van der Waals surface area contributed by atoms with Crippen molar-refractivity contribution in [3.05, 3.63) is 36.0 Å². The first-order valence-electron chi connectivity index (χ1n) is 12.9. The number of carbonyl (C=O) groups is 7. The molecular formula is C26H33N5O11. The number of nitrogens with one attached hydrogen (secondary N) is 4. The summed E-state index contributed by atoms with van der Waals surface area (Å²) < 4.78 is 0. The van der Waals surface area contributed by atoms with Gasteiger partial charge in [0.1, 0.15) is 18.1 Å². The normalized spacial score (nSPS) is 13.7. The number of fused-ring (bicyclic) bond motifs is 1. The van der Waals surface area contributed by atoms with Gasteiger partial charge in [-0.3, -0.25) is 28.8 Å². The van der Waals surface area contributed by atoms with Crippen molar-refractivity contribution >= 4 is 52.5 Å². The van der Waals surface area contributed by atoms with Gasteiger partial charge in [0.2, 0.25) is 17.7 Å². The Morgan fingerprint density at radius 1 is 0.690 bits per heavy atom. The quantitative estimate of drug-likeness (QED) is 0.103. The number of carbonyl (C=O) groups excluding carboxylic acids is 3. The molecule has 0 bridgehead atoms. The molecule has 16 nitrogen and oxygen atoms in total. The molecule has 1 aromatic carbocycles. The Labute approximate surface area is 238 Å². The second-order valence-electron chi connectivity index (χ2n) is 9.49. The van der Waals surface area contributed by atoms with Gasteiger partial charge in [0.15, 0.2) is 0 Å². The Morgan fingerprint density at radius 2 is 1.19 bits per heavy atom. The Hall–Kier alpha value is -4.99. The maximum atomic E-state index is 13.3. The fraction of sp³-hybridized carbons (Fsp3) is 0.423. The number of aromatic nitrogens is 1. The number of aromatic amines is 1. The van der Waals surface area contributed by atoms with Gasteiger partial charge in [-0.15, -0.1) is 0 Å². The molecule has 0 aliphatic carbocycles. The number of para-hydroxylation sites is 1. The van der Waals surface area contributed by atoms with Crippen LogP contribution in [0.3, 0.4) is 0 Å². The molecule has 2 rings (SSSR count). The van der Waals surface area contributed by atoms with E-state index in [1.54, 1.807) is 30.5 Å². The van der Waals surface area contributed by atoms with Gasteiger partial charge in [-0.25, -0.2) is 4.79 Å². The summed E-state index contributed by atoms with van der Waals surface area (Å²) in [6.07, 6.45) is -1.22. The molecule has 4 atom stereocenters. The number of nitrogens with two attached hydrogens (primary N) is 1. The van der Waals surface area contributed by atoms with E-state index in [9.17, 15) is 38.7 Å². The fourth-order valence-corrected chi connectivity index (χ4v) is 4.02. The molecule has 0 saturated carbocycles. The molecule has 42 heavy (non-hydrogen) atoms. The predicted molar refractivity (Wildman–Crippen MR) is 144 cm³/mol. The minimum Gasteiger partial charge on any atom is -0.481 e. The SMILES string of the molecule is NC(CCC(=O)O)C(=O)NC(CCC(=O)O)C(=O)NC(Cc1c[nH]c2ccccc12)C(=O)NC(CCC(=O)O)C(=O)O. The Morgan fingerprint density at radius 3 is 1.79 bits per heavy atom. The van der Waals surface area contributed by atoms with Crippen molar-refractivity contribution in [2.24, 2.45) is 5.73 Å². The van der Waals surface area contributed by atoms with Crippen LogP contribution >= 0.6 is 0 Å². The number of aliphatic carboxylic acids is 4. The standard InChI is InChI=1S/C26H33N5O11/c27-15(5-8-20(32)33)23(38)29-17(6-9-21(34)35)24(39)31-19(11-13-12-28-16-4-2-1-3-14(13)16)25(40)30-18(26(41)42)7-10-22(36)37/h1-4,12,15,17-19,28H,5-11,27H2,(H,29,38)(H,30,40)(H,31,39)(H,32,33)(H,34,35)(H,36,37)(H,41,42). The zero-order valence-corrected chi connectivity index (χ0v) is 22.4. The molecule has 4 unspecified atom stereocenters.